The lowest BCUT2D eigenvalue weighted by Crippen LogP contribution is -2.18. The maximum atomic E-state index is 10.7. The van der Waals surface area contributed by atoms with Crippen LogP contribution in [0.4, 0.5) is 0 Å². The summed E-state index contributed by atoms with van der Waals surface area (Å²) in [7, 11) is 1.64. The number of methoxy groups -OCH3 is 1. The first kappa shape index (κ1) is 12.6. The smallest absolute Gasteiger partial charge is 0.135 e. The lowest BCUT2D eigenvalue weighted by molar-refractivity contribution is 0.134. The van der Waals surface area contributed by atoms with E-state index in [1.54, 1.807) is 18.4 Å². The molecule has 0 aliphatic heterocycles. The van der Waals surface area contributed by atoms with Crippen molar-refractivity contribution >= 4 is 11.3 Å². The number of fused-ring (bicyclic) bond motifs is 1. The fourth-order valence-electron chi connectivity index (χ4n) is 2.83. The van der Waals surface area contributed by atoms with Gasteiger partial charge in [-0.15, -0.1) is 11.3 Å². The van der Waals surface area contributed by atoms with Crippen molar-refractivity contribution in [2.75, 3.05) is 7.11 Å². The van der Waals surface area contributed by atoms with Gasteiger partial charge in [0, 0.05) is 17.8 Å². The van der Waals surface area contributed by atoms with Crippen molar-refractivity contribution in [2.45, 2.75) is 31.3 Å². The zero-order valence-electron chi connectivity index (χ0n) is 10.9. The Morgan fingerprint density at radius 2 is 2.37 bits per heavy atom. The number of thiophene rings is 1. The molecular formula is C15H17NO2S. The van der Waals surface area contributed by atoms with Gasteiger partial charge in [-0.25, -0.2) is 0 Å². The van der Waals surface area contributed by atoms with Gasteiger partial charge in [0.15, 0.2) is 0 Å². The van der Waals surface area contributed by atoms with Crippen molar-refractivity contribution in [1.82, 2.24) is 4.98 Å². The molecular weight excluding hydrogens is 258 g/mol. The molecule has 3 rings (SSSR count). The highest BCUT2D eigenvalue weighted by atomic mass is 32.1. The van der Waals surface area contributed by atoms with E-state index in [0.29, 0.717) is 0 Å². The summed E-state index contributed by atoms with van der Waals surface area (Å²) in [4.78, 5) is 5.40. The minimum atomic E-state index is -0.524. The van der Waals surface area contributed by atoms with E-state index in [9.17, 15) is 5.11 Å². The fraction of sp³-hybridized carbons (Fsp3) is 0.400. The molecule has 1 aliphatic rings. The molecule has 2 aromatic heterocycles. The van der Waals surface area contributed by atoms with Crippen LogP contribution in [-0.2, 0) is 6.42 Å². The summed E-state index contributed by atoms with van der Waals surface area (Å²) in [6, 6.07) is 6.00. The molecule has 1 N–H and O–H groups in total. The minimum absolute atomic E-state index is 0.0810. The third kappa shape index (κ3) is 2.26. The predicted molar refractivity (Wildman–Crippen MR) is 75.7 cm³/mol. The summed E-state index contributed by atoms with van der Waals surface area (Å²) in [5, 5.41) is 12.6. The number of aromatic nitrogens is 1. The van der Waals surface area contributed by atoms with Crippen LogP contribution >= 0.6 is 11.3 Å². The molecule has 0 radical (unpaired) electrons. The maximum absolute atomic E-state index is 10.7. The molecule has 0 fully saturated rings. The second-order valence-corrected chi connectivity index (χ2v) is 5.79. The zero-order valence-corrected chi connectivity index (χ0v) is 11.7. The standard InChI is InChI=1S/C15H17NO2S/c1-18-12-7-9-19-15(12)14(17)11-6-2-4-10-5-3-8-16-13(10)11/h3,5,7-9,11,14,17H,2,4,6H2,1H3. The molecule has 0 saturated heterocycles. The highest BCUT2D eigenvalue weighted by Gasteiger charge is 2.31. The average Bonchev–Trinajstić information content (AvgIpc) is 2.94. The van der Waals surface area contributed by atoms with E-state index in [2.05, 4.69) is 11.1 Å². The largest absolute Gasteiger partial charge is 0.495 e. The number of hydrogen-bond donors (Lipinski definition) is 1. The zero-order chi connectivity index (χ0) is 13.2. The van der Waals surface area contributed by atoms with E-state index in [0.717, 1.165) is 35.6 Å². The SMILES string of the molecule is COc1ccsc1C(O)C1CCCc2cccnc21. The number of ether oxygens (including phenoxy) is 1. The van der Waals surface area contributed by atoms with Crippen LogP contribution < -0.4 is 4.74 Å². The molecule has 0 aromatic carbocycles. The van der Waals surface area contributed by atoms with Crippen molar-refractivity contribution in [3.63, 3.8) is 0 Å². The van der Waals surface area contributed by atoms with Crippen molar-refractivity contribution in [3.8, 4) is 5.75 Å². The van der Waals surface area contributed by atoms with Crippen molar-refractivity contribution in [1.29, 1.82) is 0 Å². The van der Waals surface area contributed by atoms with Crippen molar-refractivity contribution in [2.24, 2.45) is 0 Å². The Bertz CT molecular complexity index is 567. The molecule has 0 bridgehead atoms. The Morgan fingerprint density at radius 1 is 1.47 bits per heavy atom. The van der Waals surface area contributed by atoms with Crippen molar-refractivity contribution in [3.05, 3.63) is 45.9 Å². The van der Waals surface area contributed by atoms with Crippen LogP contribution in [0.5, 0.6) is 5.75 Å². The predicted octanol–water partition coefficient (Wildman–Crippen LogP) is 3.31. The number of hydrogen-bond acceptors (Lipinski definition) is 4. The van der Waals surface area contributed by atoms with E-state index >= 15 is 0 Å². The normalized spacial score (nSPS) is 19.8. The second-order valence-electron chi connectivity index (χ2n) is 4.84. The number of rotatable bonds is 3. The van der Waals surface area contributed by atoms with Gasteiger partial charge < -0.3 is 9.84 Å². The number of aliphatic hydroxyl groups is 1. The van der Waals surface area contributed by atoms with Gasteiger partial charge in [0.1, 0.15) is 11.9 Å². The van der Waals surface area contributed by atoms with Gasteiger partial charge in [0.05, 0.1) is 12.0 Å². The molecule has 3 nitrogen and oxygen atoms in total. The van der Waals surface area contributed by atoms with Crippen LogP contribution in [0.2, 0.25) is 0 Å². The Morgan fingerprint density at radius 3 is 3.21 bits per heavy atom. The fourth-order valence-corrected chi connectivity index (χ4v) is 3.74. The van der Waals surface area contributed by atoms with Gasteiger partial charge >= 0.3 is 0 Å². The molecule has 2 atom stereocenters. The Labute approximate surface area is 116 Å². The van der Waals surface area contributed by atoms with Gasteiger partial charge in [-0.3, -0.25) is 4.98 Å². The summed E-state index contributed by atoms with van der Waals surface area (Å²) in [6.45, 7) is 0. The molecule has 0 spiro atoms. The third-order valence-corrected chi connectivity index (χ3v) is 4.73. The van der Waals surface area contributed by atoms with E-state index in [1.807, 2.05) is 23.7 Å². The first-order valence-electron chi connectivity index (χ1n) is 6.54. The summed E-state index contributed by atoms with van der Waals surface area (Å²) < 4.78 is 5.32. The molecule has 100 valence electrons. The lowest BCUT2D eigenvalue weighted by Gasteiger charge is -2.28. The monoisotopic (exact) mass is 275 g/mol. The Kier molecular flexibility index (Phi) is 3.53. The summed E-state index contributed by atoms with van der Waals surface area (Å²) in [6.07, 6.45) is 4.44. The molecule has 2 unspecified atom stereocenters. The van der Waals surface area contributed by atoms with Crippen LogP contribution in [-0.4, -0.2) is 17.2 Å². The minimum Gasteiger partial charge on any atom is -0.495 e. The van der Waals surface area contributed by atoms with Crippen LogP contribution in [0.15, 0.2) is 29.8 Å². The van der Waals surface area contributed by atoms with Gasteiger partial charge in [0.2, 0.25) is 0 Å². The summed E-state index contributed by atoms with van der Waals surface area (Å²) in [5.74, 6) is 0.859. The van der Waals surface area contributed by atoms with Gasteiger partial charge in [-0.1, -0.05) is 6.07 Å². The van der Waals surface area contributed by atoms with E-state index in [-0.39, 0.29) is 5.92 Å². The van der Waals surface area contributed by atoms with E-state index in [4.69, 9.17) is 4.74 Å². The molecule has 2 heterocycles. The number of aliphatic hydroxyl groups excluding tert-OH is 1. The molecule has 0 amide bonds. The van der Waals surface area contributed by atoms with Gasteiger partial charge in [-0.05, 0) is 42.3 Å². The molecule has 2 aromatic rings. The van der Waals surface area contributed by atoms with Crippen LogP contribution in [0.1, 0.15) is 41.0 Å². The van der Waals surface area contributed by atoms with Crippen LogP contribution in [0, 0.1) is 0 Å². The first-order chi connectivity index (χ1) is 9.31. The maximum Gasteiger partial charge on any atom is 0.135 e. The van der Waals surface area contributed by atoms with Crippen molar-refractivity contribution < 1.29 is 9.84 Å². The van der Waals surface area contributed by atoms with E-state index in [1.165, 1.54) is 5.56 Å². The highest BCUT2D eigenvalue weighted by molar-refractivity contribution is 7.10. The van der Waals surface area contributed by atoms with Gasteiger partial charge in [-0.2, -0.15) is 0 Å². The average molecular weight is 275 g/mol. The molecule has 19 heavy (non-hydrogen) atoms. The topological polar surface area (TPSA) is 42.4 Å². The quantitative estimate of drug-likeness (QED) is 0.934. The van der Waals surface area contributed by atoms with Crippen LogP contribution in [0.3, 0.4) is 0 Å². The first-order valence-corrected chi connectivity index (χ1v) is 7.42. The number of aryl methyl sites for hydroxylation is 1. The summed E-state index contributed by atoms with van der Waals surface area (Å²) in [5.41, 5.74) is 2.32. The van der Waals surface area contributed by atoms with Gasteiger partial charge in [0.25, 0.3) is 0 Å². The molecule has 4 heteroatoms. The number of pyridine rings is 1. The third-order valence-electron chi connectivity index (χ3n) is 3.77. The lowest BCUT2D eigenvalue weighted by atomic mass is 9.82. The van der Waals surface area contributed by atoms with E-state index < -0.39 is 6.10 Å². The summed E-state index contributed by atoms with van der Waals surface area (Å²) >= 11 is 1.55. The number of nitrogens with zero attached hydrogens (tertiary/aromatic N) is 1. The molecule has 0 saturated carbocycles. The highest BCUT2D eigenvalue weighted by Crippen LogP contribution is 2.43. The Hall–Kier alpha value is -1.39. The molecule has 1 aliphatic carbocycles. The second kappa shape index (κ2) is 5.31. The van der Waals surface area contributed by atoms with Crippen LogP contribution in [0.25, 0.3) is 0 Å². The Balaban J connectivity index is 1.95.